The van der Waals surface area contributed by atoms with E-state index in [-0.39, 0.29) is 0 Å². The summed E-state index contributed by atoms with van der Waals surface area (Å²) in [5.74, 6) is 0. The molecule has 1 unspecified atom stereocenters. The largest absolute Gasteiger partial charge is 0.309 e. The number of rotatable bonds is 3. The third kappa shape index (κ3) is 2.34. The predicted molar refractivity (Wildman–Crippen MR) is 58.0 cm³/mol. The van der Waals surface area contributed by atoms with Crippen molar-refractivity contribution in [3.63, 3.8) is 0 Å². The molecule has 1 fully saturated rings. The normalized spacial score (nSPS) is 22.1. The zero-order valence-electron chi connectivity index (χ0n) is 9.12. The Hall–Kier alpha value is -1.40. The second-order valence-corrected chi connectivity index (χ2v) is 4.79. The molecule has 15 heavy (non-hydrogen) atoms. The van der Waals surface area contributed by atoms with Crippen LogP contribution in [0.5, 0.6) is 0 Å². The van der Waals surface area contributed by atoms with Crippen LogP contribution in [0.1, 0.15) is 31.5 Å². The Bertz CT molecular complexity index is 404. The van der Waals surface area contributed by atoms with E-state index in [1.807, 2.05) is 18.2 Å². The zero-order chi connectivity index (χ0) is 10.9. The second-order valence-electron chi connectivity index (χ2n) is 4.79. The molecule has 1 aromatic heterocycles. The predicted octanol–water partition coefficient (Wildman–Crippen LogP) is 1.84. The lowest BCUT2D eigenvalue weighted by Crippen LogP contribution is -2.19. The molecule has 0 aromatic carbocycles. The quantitative estimate of drug-likeness (QED) is 0.811. The fraction of sp³-hybridized carbons (Fsp3) is 0.500. The van der Waals surface area contributed by atoms with Crippen LogP contribution in [-0.4, -0.2) is 11.0 Å². The van der Waals surface area contributed by atoms with Gasteiger partial charge in [0.05, 0.1) is 0 Å². The summed E-state index contributed by atoms with van der Waals surface area (Å²) < 4.78 is 0. The highest BCUT2D eigenvalue weighted by Crippen LogP contribution is 2.44. The number of pyridine rings is 1. The highest BCUT2D eigenvalue weighted by atomic mass is 15.0. The van der Waals surface area contributed by atoms with E-state index in [0.29, 0.717) is 17.2 Å². The van der Waals surface area contributed by atoms with Crippen molar-refractivity contribution in [2.24, 2.45) is 5.41 Å². The average molecular weight is 201 g/mol. The number of nitriles is 1. The molecule has 0 bridgehead atoms. The number of hydrogen-bond donors (Lipinski definition) is 1. The Kier molecular flexibility index (Phi) is 2.45. The molecule has 2 rings (SSSR count). The molecule has 1 atom stereocenters. The van der Waals surface area contributed by atoms with E-state index in [4.69, 9.17) is 5.26 Å². The minimum absolute atomic E-state index is 0.449. The molecule has 0 saturated heterocycles. The van der Waals surface area contributed by atoms with Crippen molar-refractivity contribution in [3.8, 4) is 6.07 Å². The number of nitrogens with zero attached hydrogens (tertiary/aromatic N) is 2. The van der Waals surface area contributed by atoms with Crippen LogP contribution in [0.25, 0.3) is 0 Å². The minimum Gasteiger partial charge on any atom is -0.309 e. The van der Waals surface area contributed by atoms with Gasteiger partial charge >= 0.3 is 0 Å². The summed E-state index contributed by atoms with van der Waals surface area (Å²) in [7, 11) is 0. The van der Waals surface area contributed by atoms with Crippen LogP contribution < -0.4 is 5.32 Å². The van der Waals surface area contributed by atoms with Crippen molar-refractivity contribution in [2.45, 2.75) is 32.9 Å². The van der Waals surface area contributed by atoms with Gasteiger partial charge in [-0.3, -0.25) is 0 Å². The van der Waals surface area contributed by atoms with Crippen LogP contribution in [0.3, 0.4) is 0 Å². The minimum atomic E-state index is 0.449. The van der Waals surface area contributed by atoms with E-state index in [2.05, 4.69) is 24.1 Å². The molecule has 1 aliphatic carbocycles. The molecule has 1 heterocycles. The Morgan fingerprint density at radius 2 is 2.40 bits per heavy atom. The lowest BCUT2D eigenvalue weighted by atomic mass is 10.2. The summed E-state index contributed by atoms with van der Waals surface area (Å²) in [5.41, 5.74) is 2.07. The van der Waals surface area contributed by atoms with Crippen LogP contribution in [0, 0.1) is 16.7 Å². The first kappa shape index (κ1) is 10.1. The summed E-state index contributed by atoms with van der Waals surface area (Å²) in [4.78, 5) is 3.94. The van der Waals surface area contributed by atoms with Crippen molar-refractivity contribution >= 4 is 0 Å². The molecule has 78 valence electrons. The first-order valence-corrected chi connectivity index (χ1v) is 5.20. The molecular weight excluding hydrogens is 186 g/mol. The van der Waals surface area contributed by atoms with Crippen molar-refractivity contribution in [1.29, 1.82) is 5.26 Å². The van der Waals surface area contributed by atoms with Crippen LogP contribution in [-0.2, 0) is 6.54 Å². The van der Waals surface area contributed by atoms with Gasteiger partial charge in [-0.2, -0.15) is 5.26 Å². The molecule has 0 amide bonds. The van der Waals surface area contributed by atoms with Crippen molar-refractivity contribution in [2.75, 3.05) is 0 Å². The number of aromatic nitrogens is 1. The summed E-state index contributed by atoms with van der Waals surface area (Å²) in [6.45, 7) is 5.35. The fourth-order valence-electron chi connectivity index (χ4n) is 1.70. The topological polar surface area (TPSA) is 48.7 Å². The first-order valence-electron chi connectivity index (χ1n) is 5.20. The van der Waals surface area contributed by atoms with Crippen LogP contribution in [0.15, 0.2) is 18.3 Å². The lowest BCUT2D eigenvalue weighted by molar-refractivity contribution is 0.542. The van der Waals surface area contributed by atoms with E-state index >= 15 is 0 Å². The van der Waals surface area contributed by atoms with Gasteiger partial charge in [0.25, 0.3) is 0 Å². The van der Waals surface area contributed by atoms with Crippen LogP contribution >= 0.6 is 0 Å². The Morgan fingerprint density at radius 3 is 3.00 bits per heavy atom. The van der Waals surface area contributed by atoms with Gasteiger partial charge in [0.1, 0.15) is 11.8 Å². The van der Waals surface area contributed by atoms with Gasteiger partial charge in [-0.05, 0) is 29.5 Å². The Labute approximate surface area is 90.1 Å². The van der Waals surface area contributed by atoms with E-state index < -0.39 is 0 Å². The standard InChI is InChI=1S/C12H15N3/c1-12(2)6-11(12)15-8-9-3-4-14-10(5-9)7-13/h3-5,11,15H,6,8H2,1-2H3. The average Bonchev–Trinajstić information content (AvgIpc) is 2.84. The van der Waals surface area contributed by atoms with Gasteiger partial charge in [-0.1, -0.05) is 13.8 Å². The van der Waals surface area contributed by atoms with Gasteiger partial charge < -0.3 is 5.32 Å². The van der Waals surface area contributed by atoms with Gasteiger partial charge in [0.15, 0.2) is 0 Å². The van der Waals surface area contributed by atoms with Crippen LogP contribution in [0.2, 0.25) is 0 Å². The van der Waals surface area contributed by atoms with E-state index in [1.54, 1.807) is 6.20 Å². The molecular formula is C12H15N3. The molecule has 1 aromatic rings. The number of hydrogen-bond acceptors (Lipinski definition) is 3. The van der Waals surface area contributed by atoms with Crippen molar-refractivity contribution < 1.29 is 0 Å². The van der Waals surface area contributed by atoms with Gasteiger partial charge in [0.2, 0.25) is 0 Å². The molecule has 0 radical (unpaired) electrons. The summed E-state index contributed by atoms with van der Waals surface area (Å²) in [6.07, 6.45) is 2.93. The first-order chi connectivity index (χ1) is 7.12. The smallest absolute Gasteiger partial charge is 0.140 e. The third-order valence-corrected chi connectivity index (χ3v) is 3.00. The van der Waals surface area contributed by atoms with Crippen molar-refractivity contribution in [1.82, 2.24) is 10.3 Å². The Balaban J connectivity index is 1.92. The molecule has 0 aliphatic heterocycles. The highest BCUT2D eigenvalue weighted by molar-refractivity contribution is 5.25. The third-order valence-electron chi connectivity index (χ3n) is 3.00. The van der Waals surface area contributed by atoms with E-state index in [0.717, 1.165) is 12.1 Å². The molecule has 1 N–H and O–H groups in total. The molecule has 3 heteroatoms. The summed E-state index contributed by atoms with van der Waals surface area (Å²) >= 11 is 0. The second kappa shape index (κ2) is 3.63. The van der Waals surface area contributed by atoms with Gasteiger partial charge in [-0.25, -0.2) is 4.98 Å². The van der Waals surface area contributed by atoms with E-state index in [1.165, 1.54) is 6.42 Å². The highest BCUT2D eigenvalue weighted by Gasteiger charge is 2.44. The monoisotopic (exact) mass is 201 g/mol. The molecule has 1 aliphatic rings. The van der Waals surface area contributed by atoms with Crippen LogP contribution in [0.4, 0.5) is 0 Å². The Morgan fingerprint density at radius 1 is 1.67 bits per heavy atom. The molecule has 1 saturated carbocycles. The summed E-state index contributed by atoms with van der Waals surface area (Å²) in [6, 6.07) is 6.45. The zero-order valence-corrected chi connectivity index (χ0v) is 9.12. The summed E-state index contributed by atoms with van der Waals surface area (Å²) in [5, 5.41) is 12.2. The van der Waals surface area contributed by atoms with Crippen molar-refractivity contribution in [3.05, 3.63) is 29.6 Å². The maximum absolute atomic E-state index is 8.70. The fourth-order valence-corrected chi connectivity index (χ4v) is 1.70. The SMILES string of the molecule is CC1(C)CC1NCc1ccnc(C#N)c1. The van der Waals surface area contributed by atoms with Gasteiger partial charge in [0, 0.05) is 18.8 Å². The van der Waals surface area contributed by atoms with Gasteiger partial charge in [-0.15, -0.1) is 0 Å². The number of nitrogens with one attached hydrogen (secondary N) is 1. The maximum atomic E-state index is 8.70. The molecule has 0 spiro atoms. The lowest BCUT2D eigenvalue weighted by Gasteiger charge is -2.06. The van der Waals surface area contributed by atoms with E-state index in [9.17, 15) is 0 Å². The maximum Gasteiger partial charge on any atom is 0.140 e. The molecule has 3 nitrogen and oxygen atoms in total.